The minimum absolute atomic E-state index is 0.161. The zero-order valence-electron chi connectivity index (χ0n) is 26.4. The van der Waals surface area contributed by atoms with Gasteiger partial charge in [-0.2, -0.15) is 0 Å². The van der Waals surface area contributed by atoms with Crippen LogP contribution in [0.2, 0.25) is 0 Å². The summed E-state index contributed by atoms with van der Waals surface area (Å²) < 4.78 is 5.53. The number of carbonyl (C=O) groups excluding carboxylic acids is 3. The highest BCUT2D eigenvalue weighted by atomic mass is 16.6. The van der Waals surface area contributed by atoms with E-state index < -0.39 is 23.8 Å². The lowest BCUT2D eigenvalue weighted by molar-refractivity contribution is -0.146. The zero-order chi connectivity index (χ0) is 29.9. The van der Waals surface area contributed by atoms with Crippen LogP contribution < -0.4 is 10.6 Å². The molecule has 2 N–H and O–H groups in total. The van der Waals surface area contributed by atoms with E-state index in [0.717, 1.165) is 42.4 Å². The van der Waals surface area contributed by atoms with Crippen LogP contribution in [-0.4, -0.2) is 47.0 Å². The number of unbranched alkanes of at least 4 members (excludes halogenated alkanes) is 1. The quantitative estimate of drug-likeness (QED) is 0.250. The van der Waals surface area contributed by atoms with Gasteiger partial charge >= 0.3 is 6.09 Å². The SMILES string of the molecule is CCCCNC(=O)C(c1c(C)cccc1C)N(C(=O)C(NC(=O)OC(C)(C)C)C(C)CC)C(C)CCC(C)C. The summed E-state index contributed by atoms with van der Waals surface area (Å²) in [5.74, 6) is -0.159. The van der Waals surface area contributed by atoms with Crippen LogP contribution in [-0.2, 0) is 14.3 Å². The molecule has 7 heteroatoms. The van der Waals surface area contributed by atoms with Crippen molar-refractivity contribution in [2.45, 2.75) is 132 Å². The first-order valence-electron chi connectivity index (χ1n) is 14.8. The predicted octanol–water partition coefficient (Wildman–Crippen LogP) is 6.85. The number of carbonyl (C=O) groups is 3. The Bertz CT molecular complexity index is 918. The van der Waals surface area contributed by atoms with Gasteiger partial charge in [0.25, 0.3) is 0 Å². The molecule has 0 bridgehead atoms. The normalized spacial score (nSPS) is 14.8. The molecule has 0 radical (unpaired) electrons. The summed E-state index contributed by atoms with van der Waals surface area (Å²) in [4.78, 5) is 43.2. The maximum absolute atomic E-state index is 14.6. The summed E-state index contributed by atoms with van der Waals surface area (Å²) in [5, 5.41) is 5.97. The maximum Gasteiger partial charge on any atom is 0.408 e. The standard InChI is InChI=1S/C32H55N3O4/c1-12-14-20-33-29(36)28(26-23(6)16-15-17-24(26)7)35(25(8)19-18-21(3)4)30(37)27(22(5)13-2)34-31(38)39-32(9,10)11/h15-17,21-22,25,27-28H,12-14,18-20H2,1-11H3,(H,33,36)(H,34,38). The Morgan fingerprint density at radius 3 is 2.05 bits per heavy atom. The smallest absolute Gasteiger partial charge is 0.408 e. The molecule has 39 heavy (non-hydrogen) atoms. The van der Waals surface area contributed by atoms with Gasteiger partial charge in [0, 0.05) is 12.6 Å². The highest BCUT2D eigenvalue weighted by molar-refractivity contribution is 5.93. The summed E-state index contributed by atoms with van der Waals surface area (Å²) >= 11 is 0. The molecule has 0 aliphatic heterocycles. The zero-order valence-corrected chi connectivity index (χ0v) is 26.4. The maximum atomic E-state index is 14.6. The van der Waals surface area contributed by atoms with E-state index in [4.69, 9.17) is 4.74 Å². The van der Waals surface area contributed by atoms with Gasteiger partial charge in [-0.1, -0.05) is 65.7 Å². The van der Waals surface area contributed by atoms with Gasteiger partial charge in [0.05, 0.1) is 0 Å². The number of benzene rings is 1. The Morgan fingerprint density at radius 1 is 0.974 bits per heavy atom. The van der Waals surface area contributed by atoms with Gasteiger partial charge in [-0.3, -0.25) is 9.59 Å². The van der Waals surface area contributed by atoms with Crippen LogP contribution in [0.5, 0.6) is 0 Å². The predicted molar refractivity (Wildman–Crippen MR) is 160 cm³/mol. The Morgan fingerprint density at radius 2 is 1.56 bits per heavy atom. The molecule has 0 aromatic heterocycles. The van der Waals surface area contributed by atoms with Crippen molar-refractivity contribution in [2.24, 2.45) is 11.8 Å². The van der Waals surface area contributed by atoms with Crippen molar-refractivity contribution in [1.29, 1.82) is 0 Å². The molecular weight excluding hydrogens is 490 g/mol. The summed E-state index contributed by atoms with van der Waals surface area (Å²) in [6.45, 7) is 22.3. The van der Waals surface area contributed by atoms with E-state index in [9.17, 15) is 14.4 Å². The van der Waals surface area contributed by atoms with Gasteiger partial charge in [-0.25, -0.2) is 4.79 Å². The van der Waals surface area contributed by atoms with Crippen LogP contribution in [0.4, 0.5) is 4.79 Å². The highest BCUT2D eigenvalue weighted by Gasteiger charge is 2.41. The molecule has 7 nitrogen and oxygen atoms in total. The number of aryl methyl sites for hydroxylation is 2. The van der Waals surface area contributed by atoms with E-state index in [1.807, 2.05) is 52.8 Å². The number of hydrogen-bond acceptors (Lipinski definition) is 4. The molecule has 3 amide bonds. The van der Waals surface area contributed by atoms with Gasteiger partial charge in [-0.15, -0.1) is 0 Å². The molecule has 222 valence electrons. The molecule has 0 aliphatic rings. The monoisotopic (exact) mass is 545 g/mol. The first-order chi connectivity index (χ1) is 18.1. The van der Waals surface area contributed by atoms with E-state index in [2.05, 4.69) is 31.4 Å². The van der Waals surface area contributed by atoms with Crippen molar-refractivity contribution in [2.75, 3.05) is 6.54 Å². The van der Waals surface area contributed by atoms with E-state index in [1.165, 1.54) is 0 Å². The van der Waals surface area contributed by atoms with Gasteiger partial charge in [0.2, 0.25) is 11.8 Å². The third kappa shape index (κ3) is 10.8. The molecule has 0 heterocycles. The fourth-order valence-corrected chi connectivity index (χ4v) is 4.73. The molecule has 1 rings (SSSR count). The molecule has 0 saturated carbocycles. The molecule has 0 saturated heterocycles. The lowest BCUT2D eigenvalue weighted by atomic mass is 9.90. The Labute approximate surface area is 237 Å². The van der Waals surface area contributed by atoms with Crippen molar-refractivity contribution in [3.8, 4) is 0 Å². The van der Waals surface area contributed by atoms with Crippen LogP contribution in [0.1, 0.15) is 117 Å². The second-order valence-corrected chi connectivity index (χ2v) is 12.4. The van der Waals surface area contributed by atoms with Gasteiger partial charge in [-0.05, 0) is 89.3 Å². The topological polar surface area (TPSA) is 87.7 Å². The number of rotatable bonds is 14. The van der Waals surface area contributed by atoms with E-state index in [0.29, 0.717) is 18.9 Å². The van der Waals surface area contributed by atoms with E-state index in [-0.39, 0.29) is 23.8 Å². The molecule has 1 aromatic carbocycles. The Hall–Kier alpha value is -2.57. The highest BCUT2D eigenvalue weighted by Crippen LogP contribution is 2.32. The average molecular weight is 546 g/mol. The number of amides is 3. The van der Waals surface area contributed by atoms with Crippen molar-refractivity contribution in [1.82, 2.24) is 15.5 Å². The molecule has 4 unspecified atom stereocenters. The van der Waals surface area contributed by atoms with Crippen molar-refractivity contribution >= 4 is 17.9 Å². The van der Waals surface area contributed by atoms with Crippen molar-refractivity contribution < 1.29 is 19.1 Å². The van der Waals surface area contributed by atoms with Crippen molar-refractivity contribution in [3.05, 3.63) is 34.9 Å². The Kier molecular flexibility index (Phi) is 14.0. The molecule has 0 fully saturated rings. The molecule has 4 atom stereocenters. The van der Waals surface area contributed by atoms with Crippen LogP contribution in [0.3, 0.4) is 0 Å². The third-order valence-corrected chi connectivity index (χ3v) is 7.21. The van der Waals surface area contributed by atoms with Gasteiger partial charge in [0.1, 0.15) is 17.7 Å². The largest absolute Gasteiger partial charge is 0.444 e. The minimum atomic E-state index is -0.832. The number of hydrogen-bond donors (Lipinski definition) is 2. The van der Waals surface area contributed by atoms with E-state index >= 15 is 0 Å². The second kappa shape index (κ2) is 15.9. The van der Waals surface area contributed by atoms with Crippen LogP contribution in [0, 0.1) is 25.7 Å². The van der Waals surface area contributed by atoms with Crippen LogP contribution in [0.15, 0.2) is 18.2 Å². The van der Waals surface area contributed by atoms with Gasteiger partial charge < -0.3 is 20.3 Å². The lowest BCUT2D eigenvalue weighted by Crippen LogP contribution is -2.57. The number of nitrogens with zero attached hydrogens (tertiary/aromatic N) is 1. The summed E-state index contributed by atoms with van der Waals surface area (Å²) in [6, 6.07) is 4.07. The average Bonchev–Trinajstić information content (AvgIpc) is 2.83. The van der Waals surface area contributed by atoms with E-state index in [1.54, 1.807) is 25.7 Å². The minimum Gasteiger partial charge on any atom is -0.444 e. The number of alkyl carbamates (subject to hydrolysis) is 1. The van der Waals surface area contributed by atoms with Gasteiger partial charge in [0.15, 0.2) is 0 Å². The molecule has 1 aromatic rings. The second-order valence-electron chi connectivity index (χ2n) is 12.4. The van der Waals surface area contributed by atoms with Crippen LogP contribution >= 0.6 is 0 Å². The number of nitrogens with one attached hydrogen (secondary N) is 2. The van der Waals surface area contributed by atoms with Crippen LogP contribution in [0.25, 0.3) is 0 Å². The first kappa shape index (κ1) is 34.5. The first-order valence-corrected chi connectivity index (χ1v) is 14.8. The summed E-state index contributed by atoms with van der Waals surface area (Å²) in [5.41, 5.74) is 2.06. The molecule has 0 spiro atoms. The van der Waals surface area contributed by atoms with Crippen molar-refractivity contribution in [3.63, 3.8) is 0 Å². The summed E-state index contributed by atoms with van der Waals surface area (Å²) in [7, 11) is 0. The third-order valence-electron chi connectivity index (χ3n) is 7.21. The Balaban J connectivity index is 3.72. The molecular formula is C32H55N3O4. The number of ether oxygens (including phenoxy) is 1. The fourth-order valence-electron chi connectivity index (χ4n) is 4.73. The fraction of sp³-hybridized carbons (Fsp3) is 0.719. The molecule has 0 aliphatic carbocycles. The summed E-state index contributed by atoms with van der Waals surface area (Å²) in [6.07, 6.45) is 3.52. The lowest BCUT2D eigenvalue weighted by Gasteiger charge is -2.40.